The number of benzene rings is 1. The highest BCUT2D eigenvalue weighted by molar-refractivity contribution is 6.05. The molecule has 1 N–H and O–H groups in total. The summed E-state index contributed by atoms with van der Waals surface area (Å²) in [5, 5.41) is 4.16. The number of carbonyl (C=O) groups excluding carboxylic acids is 1. The van der Waals surface area contributed by atoms with Crippen molar-refractivity contribution in [2.45, 2.75) is 27.2 Å². The van der Waals surface area contributed by atoms with Gasteiger partial charge >= 0.3 is 5.97 Å². The number of nitrogens with one attached hydrogen (secondary N) is 1. The molecule has 2 heterocycles. The Morgan fingerprint density at radius 1 is 1.19 bits per heavy atom. The van der Waals surface area contributed by atoms with E-state index in [0.717, 1.165) is 23.2 Å². The topological polar surface area (TPSA) is 64.1 Å². The molecule has 0 unspecified atom stereocenters. The van der Waals surface area contributed by atoms with Crippen molar-refractivity contribution in [3.05, 3.63) is 59.4 Å². The van der Waals surface area contributed by atoms with Gasteiger partial charge in [0.15, 0.2) is 5.65 Å². The molecule has 0 amide bonds. The number of anilines is 2. The van der Waals surface area contributed by atoms with Gasteiger partial charge in [-0.1, -0.05) is 19.1 Å². The smallest absolute Gasteiger partial charge is 0.341 e. The average molecular weight is 372 g/mol. The molecule has 0 saturated heterocycles. The Kier molecular flexibility index (Phi) is 6.52. The summed E-state index contributed by atoms with van der Waals surface area (Å²) in [5.74, 6) is -0.397. The summed E-state index contributed by atoms with van der Waals surface area (Å²) in [6.45, 7) is 6.12. The third-order valence-corrected chi connectivity index (χ3v) is 3.97. The van der Waals surface area contributed by atoms with Gasteiger partial charge < -0.3 is 10.1 Å². The van der Waals surface area contributed by atoms with Gasteiger partial charge in [-0.25, -0.2) is 14.8 Å². The number of aromatic nitrogens is 2. The summed E-state index contributed by atoms with van der Waals surface area (Å²) in [7, 11) is 0. The van der Waals surface area contributed by atoms with Crippen LogP contribution in [0.25, 0.3) is 11.0 Å². The normalized spacial score (nSPS) is 10.3. The van der Waals surface area contributed by atoms with E-state index in [4.69, 9.17) is 4.74 Å². The second-order valence-electron chi connectivity index (χ2n) is 5.77. The van der Waals surface area contributed by atoms with Gasteiger partial charge in [0.2, 0.25) is 0 Å². The van der Waals surface area contributed by atoms with Gasteiger partial charge in [-0.05, 0) is 50.1 Å². The van der Waals surface area contributed by atoms with Gasteiger partial charge in [0, 0.05) is 23.0 Å². The van der Waals surface area contributed by atoms with Crippen molar-refractivity contribution in [2.75, 3.05) is 11.9 Å². The summed E-state index contributed by atoms with van der Waals surface area (Å²) in [4.78, 5) is 21.2. The molecule has 0 bridgehead atoms. The number of rotatable bonds is 5. The maximum atomic E-state index is 12.4. The zero-order valence-electron chi connectivity index (χ0n) is 15.1. The SMILES string of the molecule is CCOC(=O)c1cnc2nc(C)ccc2c1Nc1cccc(CC)c1.Cl. The Morgan fingerprint density at radius 3 is 2.73 bits per heavy atom. The molecule has 136 valence electrons. The minimum atomic E-state index is -0.397. The lowest BCUT2D eigenvalue weighted by molar-refractivity contribution is 0.0527. The first-order valence-corrected chi connectivity index (χ1v) is 8.41. The molecular formula is C20H22ClN3O2. The maximum Gasteiger partial charge on any atom is 0.341 e. The number of esters is 1. The molecule has 0 aliphatic carbocycles. The van der Waals surface area contributed by atoms with E-state index in [2.05, 4.69) is 34.3 Å². The first kappa shape index (κ1) is 19.7. The van der Waals surface area contributed by atoms with E-state index in [0.29, 0.717) is 23.5 Å². The molecule has 1 aromatic carbocycles. The van der Waals surface area contributed by atoms with Gasteiger partial charge in [-0.15, -0.1) is 12.4 Å². The van der Waals surface area contributed by atoms with Crippen LogP contribution in [0.2, 0.25) is 0 Å². The zero-order chi connectivity index (χ0) is 17.8. The number of hydrogen-bond donors (Lipinski definition) is 1. The highest BCUT2D eigenvalue weighted by Crippen LogP contribution is 2.29. The lowest BCUT2D eigenvalue weighted by Gasteiger charge is -2.14. The highest BCUT2D eigenvalue weighted by atomic mass is 35.5. The van der Waals surface area contributed by atoms with Crippen molar-refractivity contribution >= 4 is 40.8 Å². The van der Waals surface area contributed by atoms with Crippen molar-refractivity contribution < 1.29 is 9.53 Å². The fourth-order valence-electron chi connectivity index (χ4n) is 2.68. The second kappa shape index (κ2) is 8.63. The summed E-state index contributed by atoms with van der Waals surface area (Å²) >= 11 is 0. The number of aryl methyl sites for hydroxylation is 2. The molecule has 0 aliphatic heterocycles. The third-order valence-electron chi connectivity index (χ3n) is 3.97. The number of ether oxygens (including phenoxy) is 1. The standard InChI is InChI=1S/C20H21N3O2.ClH/c1-4-14-7-6-8-15(11-14)23-18-16-10-9-13(3)22-19(16)21-12-17(18)20(24)25-5-2;/h6-12H,4-5H2,1-3H3,(H,21,22,23);1H. The number of carbonyl (C=O) groups is 1. The van der Waals surface area contributed by atoms with Crippen LogP contribution in [0.4, 0.5) is 11.4 Å². The Balaban J connectivity index is 0.00000243. The number of hydrogen-bond acceptors (Lipinski definition) is 5. The predicted molar refractivity (Wildman–Crippen MR) is 107 cm³/mol. The molecule has 0 spiro atoms. The molecular weight excluding hydrogens is 350 g/mol. The number of fused-ring (bicyclic) bond motifs is 1. The molecule has 0 atom stereocenters. The molecule has 0 saturated carbocycles. The van der Waals surface area contributed by atoms with E-state index in [9.17, 15) is 4.79 Å². The van der Waals surface area contributed by atoms with E-state index in [-0.39, 0.29) is 12.4 Å². The number of pyridine rings is 2. The molecule has 3 aromatic rings. The van der Waals surface area contributed by atoms with Gasteiger partial charge in [0.25, 0.3) is 0 Å². The quantitative estimate of drug-likeness (QED) is 0.650. The molecule has 3 rings (SSSR count). The molecule has 26 heavy (non-hydrogen) atoms. The minimum Gasteiger partial charge on any atom is -0.462 e. The van der Waals surface area contributed by atoms with Crippen molar-refractivity contribution in [3.8, 4) is 0 Å². The fraction of sp³-hybridized carbons (Fsp3) is 0.250. The number of halogens is 1. The Morgan fingerprint density at radius 2 is 2.00 bits per heavy atom. The Labute approximate surface area is 159 Å². The van der Waals surface area contributed by atoms with Crippen LogP contribution in [-0.2, 0) is 11.2 Å². The Hall–Kier alpha value is -2.66. The lowest BCUT2D eigenvalue weighted by atomic mass is 10.1. The molecule has 5 nitrogen and oxygen atoms in total. The predicted octanol–water partition coefficient (Wildman–Crippen LogP) is 4.84. The molecule has 0 fully saturated rings. The van der Waals surface area contributed by atoms with Crippen LogP contribution < -0.4 is 5.32 Å². The molecule has 2 aromatic heterocycles. The van der Waals surface area contributed by atoms with E-state index < -0.39 is 5.97 Å². The van der Waals surface area contributed by atoms with Crippen LogP contribution in [0.1, 0.15) is 35.5 Å². The third kappa shape index (κ3) is 4.11. The van der Waals surface area contributed by atoms with Gasteiger partial charge in [0.05, 0.1) is 12.3 Å². The Bertz CT molecular complexity index is 928. The average Bonchev–Trinajstić information content (AvgIpc) is 2.62. The summed E-state index contributed by atoms with van der Waals surface area (Å²) < 4.78 is 5.18. The molecule has 6 heteroatoms. The van der Waals surface area contributed by atoms with Crippen LogP contribution in [0.15, 0.2) is 42.6 Å². The second-order valence-corrected chi connectivity index (χ2v) is 5.77. The van der Waals surface area contributed by atoms with Gasteiger partial charge in [-0.3, -0.25) is 0 Å². The van der Waals surface area contributed by atoms with E-state index in [1.54, 1.807) is 6.92 Å². The number of nitrogens with zero attached hydrogens (tertiary/aromatic N) is 2. The van der Waals surface area contributed by atoms with Crippen molar-refractivity contribution in [1.82, 2.24) is 9.97 Å². The summed E-state index contributed by atoms with van der Waals surface area (Å²) in [5.41, 5.74) is 4.68. The van der Waals surface area contributed by atoms with Crippen molar-refractivity contribution in [3.63, 3.8) is 0 Å². The van der Waals surface area contributed by atoms with E-state index in [1.165, 1.54) is 11.8 Å². The van der Waals surface area contributed by atoms with Crippen LogP contribution in [0.3, 0.4) is 0 Å². The van der Waals surface area contributed by atoms with Crippen LogP contribution >= 0.6 is 12.4 Å². The van der Waals surface area contributed by atoms with E-state index in [1.807, 2.05) is 31.2 Å². The fourth-order valence-corrected chi connectivity index (χ4v) is 2.68. The summed E-state index contributed by atoms with van der Waals surface area (Å²) in [6, 6.07) is 12.0. The van der Waals surface area contributed by atoms with Gasteiger partial charge in [0.1, 0.15) is 5.56 Å². The first-order valence-electron chi connectivity index (χ1n) is 8.41. The monoisotopic (exact) mass is 371 g/mol. The van der Waals surface area contributed by atoms with Gasteiger partial charge in [-0.2, -0.15) is 0 Å². The van der Waals surface area contributed by atoms with E-state index >= 15 is 0 Å². The first-order chi connectivity index (χ1) is 12.1. The van der Waals surface area contributed by atoms with Crippen LogP contribution in [0, 0.1) is 6.92 Å². The van der Waals surface area contributed by atoms with Crippen LogP contribution in [-0.4, -0.2) is 22.5 Å². The minimum absolute atomic E-state index is 0. The van der Waals surface area contributed by atoms with Crippen LogP contribution in [0.5, 0.6) is 0 Å². The molecule has 0 radical (unpaired) electrons. The largest absolute Gasteiger partial charge is 0.462 e. The maximum absolute atomic E-state index is 12.4. The summed E-state index contributed by atoms with van der Waals surface area (Å²) in [6.07, 6.45) is 2.47. The zero-order valence-corrected chi connectivity index (χ0v) is 15.9. The molecule has 0 aliphatic rings. The van der Waals surface area contributed by atoms with Crippen molar-refractivity contribution in [1.29, 1.82) is 0 Å². The highest BCUT2D eigenvalue weighted by Gasteiger charge is 2.17. The van der Waals surface area contributed by atoms with Crippen molar-refractivity contribution in [2.24, 2.45) is 0 Å². The lowest BCUT2D eigenvalue weighted by Crippen LogP contribution is -2.09.